The van der Waals surface area contributed by atoms with Crippen molar-refractivity contribution in [3.05, 3.63) is 91.0 Å². The number of nitrogens with zero attached hydrogens (tertiary/aromatic N) is 5. The first-order chi connectivity index (χ1) is 37.7. The van der Waals surface area contributed by atoms with Gasteiger partial charge < -0.3 is 39.7 Å². The molecule has 13 heteroatoms. The van der Waals surface area contributed by atoms with Crippen molar-refractivity contribution in [2.75, 3.05) is 61.0 Å². The monoisotopic (exact) mass is 1110 g/mol. The fourth-order valence-corrected chi connectivity index (χ4v) is 13.5. The minimum absolute atomic E-state index is 0. The molecule has 0 aromatic heterocycles. The molecule has 6 aliphatic rings. The van der Waals surface area contributed by atoms with Crippen molar-refractivity contribution in [1.82, 2.24) is 14.7 Å². The van der Waals surface area contributed by atoms with Gasteiger partial charge in [0.15, 0.2) is 0 Å². The number of rotatable bonds is 14. The Kier molecular flexibility index (Phi) is 30.4. The van der Waals surface area contributed by atoms with Crippen LogP contribution in [0.3, 0.4) is 0 Å². The summed E-state index contributed by atoms with van der Waals surface area (Å²) < 4.78 is 5.01. The van der Waals surface area contributed by atoms with Gasteiger partial charge in [0.2, 0.25) is 11.8 Å². The molecular formula is C66H103ClN6O6. The standard InChI is InChI=1S/C24H36N2O3.C22H32N2O3.C19H30N2.CH4.ClH/c1-2-29-24(28)19-23(27)26(21-13-9-6-10-14-21)22-15-17-25(18-16-22)20-11-7-4-3-5-8-12-20;25-21(17-22(26)27)24(19-11-7-4-8-12-19)20-13-15-23(16-14-20)18-9-5-2-1-3-6-10-18;1-2-7-11-19(12-8-3-1)21-15-13-18(14-16-21)20-17-9-5-4-6-10-17;;/h6,9-10,13-14,20,22H,2-5,7-8,11-12,15-19H2,1H3;4,7-8,11-12,18,20H,1-3,5-6,9-10,13-17H2,(H,26,27);4-6,9-10,18-20H,1-3,7-8,11-16H2;1H4;1H. The maximum atomic E-state index is 13.0. The molecular weight excluding hydrogens is 1010 g/mol. The lowest BCUT2D eigenvalue weighted by Gasteiger charge is -2.42. The number of piperidine rings is 3. The molecule has 3 aromatic rings. The van der Waals surface area contributed by atoms with Crippen LogP contribution in [-0.2, 0) is 23.9 Å². The number of carboxylic acid groups (broad SMARTS) is 1. The Morgan fingerprint density at radius 1 is 0.468 bits per heavy atom. The fourth-order valence-electron chi connectivity index (χ4n) is 13.5. The van der Waals surface area contributed by atoms with Gasteiger partial charge in [-0.1, -0.05) is 158 Å². The van der Waals surface area contributed by atoms with Crippen molar-refractivity contribution in [2.24, 2.45) is 0 Å². The SMILES string of the molecule is C.CCOC(=O)CC(=O)N(c1ccccc1)C1CCN(C2CCCCCCC2)CC1.Cl.O=C(O)CC(=O)N(c1ccccc1)C1CCN(C2CCCCCCC2)CC1.c1ccc(NC2CCN(C3CCCCCCC3)CC2)cc1. The first-order valence-electron chi connectivity index (χ1n) is 30.9. The molecule has 3 aliphatic heterocycles. The summed E-state index contributed by atoms with van der Waals surface area (Å²) in [4.78, 5) is 60.3. The summed E-state index contributed by atoms with van der Waals surface area (Å²) >= 11 is 0. The number of carbonyl (C=O) groups is 4. The van der Waals surface area contributed by atoms with Gasteiger partial charge in [0.1, 0.15) is 12.8 Å². The van der Waals surface area contributed by atoms with Crippen molar-refractivity contribution in [3.8, 4) is 0 Å². The van der Waals surface area contributed by atoms with E-state index in [4.69, 9.17) is 9.84 Å². The van der Waals surface area contributed by atoms with Gasteiger partial charge in [0.25, 0.3) is 0 Å². The van der Waals surface area contributed by atoms with Crippen LogP contribution in [0.2, 0.25) is 0 Å². The van der Waals surface area contributed by atoms with E-state index in [0.717, 1.165) is 69.3 Å². The van der Waals surface area contributed by atoms with E-state index in [9.17, 15) is 19.2 Å². The lowest BCUT2D eigenvalue weighted by molar-refractivity contribution is -0.146. The van der Waals surface area contributed by atoms with E-state index in [1.807, 2.05) is 65.6 Å². The molecule has 2 amide bonds. The maximum absolute atomic E-state index is 13.0. The topological polar surface area (TPSA) is 126 Å². The van der Waals surface area contributed by atoms with Gasteiger partial charge >= 0.3 is 11.9 Å². The molecule has 9 rings (SSSR count). The third kappa shape index (κ3) is 22.1. The molecule has 0 unspecified atom stereocenters. The average Bonchev–Trinajstić information content (AvgIpc) is 3.41. The van der Waals surface area contributed by atoms with Crippen LogP contribution in [0.1, 0.15) is 201 Å². The van der Waals surface area contributed by atoms with E-state index in [1.54, 1.807) is 11.8 Å². The minimum atomic E-state index is -1.06. The van der Waals surface area contributed by atoms with E-state index in [2.05, 4.69) is 50.3 Å². The summed E-state index contributed by atoms with van der Waals surface area (Å²) in [7, 11) is 0. The molecule has 2 N–H and O–H groups in total. The molecule has 3 aromatic carbocycles. The summed E-state index contributed by atoms with van der Waals surface area (Å²) in [6.45, 7) is 8.71. The summed E-state index contributed by atoms with van der Waals surface area (Å²) in [6, 6.07) is 33.2. The predicted octanol–water partition coefficient (Wildman–Crippen LogP) is 14.4. The van der Waals surface area contributed by atoms with Crippen LogP contribution >= 0.6 is 12.4 Å². The van der Waals surface area contributed by atoms with Crippen LogP contribution in [0.4, 0.5) is 17.1 Å². The number of nitrogens with one attached hydrogen (secondary N) is 1. The van der Waals surface area contributed by atoms with Crippen LogP contribution in [-0.4, -0.2) is 126 Å². The van der Waals surface area contributed by atoms with E-state index in [-0.39, 0.29) is 50.2 Å². The number of benzene rings is 3. The Bertz CT molecular complexity index is 2110. The molecule has 0 bridgehead atoms. The number of likely N-dealkylation sites (tertiary alicyclic amines) is 3. The third-order valence-electron chi connectivity index (χ3n) is 17.7. The second-order valence-electron chi connectivity index (χ2n) is 23.1. The Morgan fingerprint density at radius 2 is 0.785 bits per heavy atom. The summed E-state index contributed by atoms with van der Waals surface area (Å²) in [5.41, 5.74) is 2.97. The number of carbonyl (C=O) groups excluding carboxylic acids is 3. The summed E-state index contributed by atoms with van der Waals surface area (Å²) in [6.07, 6.45) is 34.7. The third-order valence-corrected chi connectivity index (χ3v) is 17.7. The normalized spacial score (nSPS) is 20.6. The maximum Gasteiger partial charge on any atom is 0.315 e. The van der Waals surface area contributed by atoms with Gasteiger partial charge in [0.05, 0.1) is 6.61 Å². The van der Waals surface area contributed by atoms with E-state index < -0.39 is 18.4 Å². The number of amides is 2. The highest BCUT2D eigenvalue weighted by Gasteiger charge is 2.34. The fraction of sp³-hybridized carbons (Fsp3) is 0.667. The highest BCUT2D eigenvalue weighted by Crippen LogP contribution is 2.32. The van der Waals surface area contributed by atoms with Crippen molar-refractivity contribution in [1.29, 1.82) is 0 Å². The van der Waals surface area contributed by atoms with Gasteiger partial charge in [-0.25, -0.2) is 0 Å². The summed E-state index contributed by atoms with van der Waals surface area (Å²) in [5.74, 6) is -1.96. The smallest absolute Gasteiger partial charge is 0.315 e. The van der Waals surface area contributed by atoms with E-state index >= 15 is 0 Å². The van der Waals surface area contributed by atoms with E-state index in [1.165, 1.54) is 166 Å². The van der Waals surface area contributed by atoms with Gasteiger partial charge in [0, 0.05) is 92.6 Å². The number of esters is 1. The van der Waals surface area contributed by atoms with Gasteiger partial charge in [-0.3, -0.25) is 19.2 Å². The zero-order valence-electron chi connectivity index (χ0n) is 47.7. The molecule has 3 saturated carbocycles. The van der Waals surface area contributed by atoms with Crippen LogP contribution in [0.25, 0.3) is 0 Å². The number of ether oxygens (including phenoxy) is 1. The lowest BCUT2D eigenvalue weighted by Crippen LogP contribution is -2.50. The second kappa shape index (κ2) is 36.8. The zero-order valence-corrected chi connectivity index (χ0v) is 48.5. The molecule has 440 valence electrons. The highest BCUT2D eigenvalue weighted by molar-refractivity contribution is 6.04. The van der Waals surface area contributed by atoms with Crippen molar-refractivity contribution < 1.29 is 29.0 Å². The van der Waals surface area contributed by atoms with Crippen molar-refractivity contribution in [3.63, 3.8) is 0 Å². The van der Waals surface area contributed by atoms with Gasteiger partial charge in [-0.2, -0.15) is 0 Å². The van der Waals surface area contributed by atoms with Crippen molar-refractivity contribution >= 4 is 53.2 Å². The van der Waals surface area contributed by atoms with Gasteiger partial charge in [-0.15, -0.1) is 12.4 Å². The summed E-state index contributed by atoms with van der Waals surface area (Å²) in [5, 5.41) is 12.8. The Labute approximate surface area is 483 Å². The average molecular weight is 1110 g/mol. The number of carboxylic acids is 1. The lowest BCUT2D eigenvalue weighted by atomic mass is 9.93. The first kappa shape index (κ1) is 65.3. The van der Waals surface area contributed by atoms with E-state index in [0.29, 0.717) is 24.7 Å². The largest absolute Gasteiger partial charge is 0.481 e. The number of aliphatic carboxylic acids is 1. The Hall–Kier alpha value is -4.49. The molecule has 3 aliphatic carbocycles. The molecule has 0 atom stereocenters. The first-order valence-corrected chi connectivity index (χ1v) is 30.9. The number of para-hydroxylation sites is 3. The van der Waals surface area contributed by atoms with Crippen LogP contribution in [0.15, 0.2) is 91.0 Å². The van der Waals surface area contributed by atoms with Crippen LogP contribution in [0, 0.1) is 0 Å². The molecule has 0 spiro atoms. The number of anilines is 3. The quantitative estimate of drug-likeness (QED) is 0.119. The molecule has 12 nitrogen and oxygen atoms in total. The number of hydrogen-bond donors (Lipinski definition) is 2. The second-order valence-corrected chi connectivity index (χ2v) is 23.1. The van der Waals surface area contributed by atoms with Crippen LogP contribution in [0.5, 0.6) is 0 Å². The van der Waals surface area contributed by atoms with Gasteiger partial charge in [-0.05, 0) is 120 Å². The molecule has 6 fully saturated rings. The molecule has 0 radical (unpaired) electrons. The Balaban J connectivity index is 0.000000218. The zero-order chi connectivity index (χ0) is 53.9. The number of halogens is 1. The van der Waals surface area contributed by atoms with Crippen molar-refractivity contribution in [2.45, 2.75) is 237 Å². The molecule has 3 saturated heterocycles. The molecule has 3 heterocycles. The minimum Gasteiger partial charge on any atom is -0.481 e. The van der Waals surface area contributed by atoms with Crippen LogP contribution < -0.4 is 15.1 Å². The number of hydrogen-bond acceptors (Lipinski definition) is 9. The predicted molar refractivity (Wildman–Crippen MR) is 328 cm³/mol. The Morgan fingerprint density at radius 3 is 1.13 bits per heavy atom. The highest BCUT2D eigenvalue weighted by atomic mass is 35.5. The molecule has 79 heavy (non-hydrogen) atoms.